The molecule has 0 saturated carbocycles. The first kappa shape index (κ1) is 24.3. The molecule has 0 radical (unpaired) electrons. The van der Waals surface area contributed by atoms with Crippen molar-refractivity contribution in [2.24, 2.45) is 4.99 Å². The Morgan fingerprint density at radius 1 is 0.939 bits per heavy atom. The summed E-state index contributed by atoms with van der Waals surface area (Å²) in [4.78, 5) is 24.8. The summed E-state index contributed by atoms with van der Waals surface area (Å²) in [7, 11) is 0. The van der Waals surface area contributed by atoms with Crippen molar-refractivity contribution in [1.29, 1.82) is 0 Å². The monoisotopic (exact) mass is 587 g/mol. The highest BCUT2D eigenvalue weighted by atomic mass is 79.9. The zero-order valence-corrected chi connectivity index (χ0v) is 19.2. The molecule has 0 amide bonds. The molecule has 0 heterocycles. The van der Waals surface area contributed by atoms with Gasteiger partial charge in [-0.3, -0.25) is 25.2 Å². The number of aliphatic imine (C=N–C) groups is 1. The van der Waals surface area contributed by atoms with Crippen LogP contribution >= 0.6 is 31.9 Å². The van der Waals surface area contributed by atoms with Gasteiger partial charge in [-0.1, -0.05) is 15.9 Å². The molecule has 0 spiro atoms. The largest absolute Gasteiger partial charge is 0.448 e. The fraction of sp³-hybridized carbons (Fsp3) is 0.0500. The lowest BCUT2D eigenvalue weighted by Gasteiger charge is -2.13. The van der Waals surface area contributed by atoms with Gasteiger partial charge in [-0.15, -0.1) is 0 Å². The fourth-order valence-electron chi connectivity index (χ4n) is 2.62. The van der Waals surface area contributed by atoms with Crippen molar-refractivity contribution < 1.29 is 27.8 Å². The molecule has 0 aromatic heterocycles. The Morgan fingerprint density at radius 3 is 2.18 bits per heavy atom. The smallest absolute Gasteiger partial charge is 0.416 e. The van der Waals surface area contributed by atoms with Crippen LogP contribution in [0, 0.1) is 20.2 Å². The molecule has 0 aliphatic heterocycles. The van der Waals surface area contributed by atoms with Crippen molar-refractivity contribution in [3.05, 3.63) is 94.9 Å². The maximum absolute atomic E-state index is 13.0. The Kier molecular flexibility index (Phi) is 7.12. The standard InChI is InChI=1S/C20H10Br2F3N3O5/c21-13-7-11(10-26-14-2-4-15(5-3-14)27(29)30)19(16(22)9-13)33-18-6-1-12(20(23,24)25)8-17(18)28(31)32/h1-10H. The zero-order chi connectivity index (χ0) is 24.3. The third-order valence-corrected chi connectivity index (χ3v) is 5.19. The number of ether oxygens (including phenoxy) is 1. The van der Waals surface area contributed by atoms with Crippen LogP contribution in [0.5, 0.6) is 11.5 Å². The average molecular weight is 589 g/mol. The van der Waals surface area contributed by atoms with Crippen LogP contribution in [-0.4, -0.2) is 16.1 Å². The maximum atomic E-state index is 13.0. The molecule has 33 heavy (non-hydrogen) atoms. The zero-order valence-electron chi connectivity index (χ0n) is 16.0. The van der Waals surface area contributed by atoms with Crippen molar-refractivity contribution in [3.63, 3.8) is 0 Å². The number of hydrogen-bond acceptors (Lipinski definition) is 6. The first-order valence-electron chi connectivity index (χ1n) is 8.77. The molecule has 3 rings (SSSR count). The van der Waals surface area contributed by atoms with Crippen molar-refractivity contribution in [2.75, 3.05) is 0 Å². The molecule has 0 bridgehead atoms. The fourth-order valence-corrected chi connectivity index (χ4v) is 3.96. The summed E-state index contributed by atoms with van der Waals surface area (Å²) < 4.78 is 45.5. The lowest BCUT2D eigenvalue weighted by molar-refractivity contribution is -0.385. The van der Waals surface area contributed by atoms with Crippen LogP contribution in [0.2, 0.25) is 0 Å². The molecule has 0 N–H and O–H groups in total. The minimum absolute atomic E-state index is 0.0618. The minimum Gasteiger partial charge on any atom is -0.448 e. The number of benzene rings is 3. The molecule has 0 unspecified atom stereocenters. The summed E-state index contributed by atoms with van der Waals surface area (Å²) >= 11 is 6.57. The van der Waals surface area contributed by atoms with Crippen LogP contribution in [0.25, 0.3) is 0 Å². The van der Waals surface area contributed by atoms with E-state index in [1.807, 2.05) is 0 Å². The van der Waals surface area contributed by atoms with Gasteiger partial charge in [-0.05, 0) is 52.3 Å². The molecular formula is C20H10Br2F3N3O5. The van der Waals surface area contributed by atoms with Gasteiger partial charge >= 0.3 is 11.9 Å². The summed E-state index contributed by atoms with van der Waals surface area (Å²) in [5, 5.41) is 22.1. The van der Waals surface area contributed by atoms with E-state index in [0.717, 1.165) is 6.07 Å². The van der Waals surface area contributed by atoms with Gasteiger partial charge in [0.15, 0.2) is 5.75 Å². The van der Waals surface area contributed by atoms with E-state index in [0.29, 0.717) is 32.3 Å². The molecule has 3 aromatic carbocycles. The summed E-state index contributed by atoms with van der Waals surface area (Å²) in [6.45, 7) is 0. The highest BCUT2D eigenvalue weighted by Gasteiger charge is 2.33. The number of rotatable bonds is 6. The van der Waals surface area contributed by atoms with Crippen LogP contribution in [0.15, 0.2) is 68.5 Å². The Morgan fingerprint density at radius 2 is 1.61 bits per heavy atom. The number of nitrogens with zero attached hydrogens (tertiary/aromatic N) is 3. The van der Waals surface area contributed by atoms with Crippen LogP contribution in [0.3, 0.4) is 0 Å². The van der Waals surface area contributed by atoms with E-state index in [4.69, 9.17) is 4.74 Å². The molecule has 8 nitrogen and oxygen atoms in total. The van der Waals surface area contributed by atoms with Gasteiger partial charge in [-0.2, -0.15) is 13.2 Å². The third kappa shape index (κ3) is 5.93. The van der Waals surface area contributed by atoms with Crippen LogP contribution < -0.4 is 4.74 Å². The lowest BCUT2D eigenvalue weighted by Crippen LogP contribution is -2.06. The van der Waals surface area contributed by atoms with E-state index < -0.39 is 33.0 Å². The summed E-state index contributed by atoms with van der Waals surface area (Å²) in [6, 6.07) is 10.5. The van der Waals surface area contributed by atoms with Gasteiger partial charge in [0.05, 0.1) is 25.6 Å². The first-order valence-corrected chi connectivity index (χ1v) is 10.4. The van der Waals surface area contributed by atoms with E-state index in [1.54, 1.807) is 12.1 Å². The highest BCUT2D eigenvalue weighted by Crippen LogP contribution is 2.41. The van der Waals surface area contributed by atoms with Crippen LogP contribution in [-0.2, 0) is 6.18 Å². The number of alkyl halides is 3. The number of nitro benzene ring substituents is 2. The van der Waals surface area contributed by atoms with Gasteiger partial charge in [-0.25, -0.2) is 0 Å². The van der Waals surface area contributed by atoms with Gasteiger partial charge in [0, 0.05) is 34.4 Å². The van der Waals surface area contributed by atoms with E-state index in [9.17, 15) is 33.4 Å². The summed E-state index contributed by atoms with van der Waals surface area (Å²) in [6.07, 6.45) is -3.41. The van der Waals surface area contributed by atoms with Crippen LogP contribution in [0.1, 0.15) is 11.1 Å². The Balaban J connectivity index is 2.01. The van der Waals surface area contributed by atoms with Gasteiger partial charge in [0.25, 0.3) is 5.69 Å². The van der Waals surface area contributed by atoms with Gasteiger partial charge < -0.3 is 4.74 Å². The first-order chi connectivity index (χ1) is 15.5. The molecule has 13 heteroatoms. The van der Waals surface area contributed by atoms with E-state index >= 15 is 0 Å². The predicted octanol–water partition coefficient (Wildman–Crippen LogP) is 7.59. The molecule has 0 atom stereocenters. The van der Waals surface area contributed by atoms with Crippen molar-refractivity contribution in [2.45, 2.75) is 6.18 Å². The Bertz CT molecular complexity index is 1270. The van der Waals surface area contributed by atoms with Crippen molar-refractivity contribution >= 4 is 55.1 Å². The maximum Gasteiger partial charge on any atom is 0.416 e. The van der Waals surface area contributed by atoms with E-state index in [2.05, 4.69) is 36.9 Å². The minimum atomic E-state index is -4.76. The number of hydrogen-bond donors (Lipinski definition) is 0. The van der Waals surface area contributed by atoms with E-state index in [-0.39, 0.29) is 11.4 Å². The molecule has 3 aromatic rings. The van der Waals surface area contributed by atoms with E-state index in [1.165, 1.54) is 30.5 Å². The van der Waals surface area contributed by atoms with Gasteiger partial charge in [0.1, 0.15) is 0 Å². The molecule has 170 valence electrons. The molecule has 0 saturated heterocycles. The summed E-state index contributed by atoms with van der Waals surface area (Å²) in [5.74, 6) is -0.340. The molecule has 0 aliphatic rings. The molecule has 0 fully saturated rings. The SMILES string of the molecule is O=[N+]([O-])c1ccc(N=Cc2cc(Br)cc(Br)c2Oc2ccc(C(F)(F)F)cc2[N+](=O)[O-])cc1. The second-order valence-electron chi connectivity index (χ2n) is 6.38. The quantitative estimate of drug-likeness (QED) is 0.167. The normalized spacial score (nSPS) is 11.5. The van der Waals surface area contributed by atoms with Crippen molar-refractivity contribution in [3.8, 4) is 11.5 Å². The van der Waals surface area contributed by atoms with Crippen molar-refractivity contribution in [1.82, 2.24) is 0 Å². The second kappa shape index (κ2) is 9.67. The summed E-state index contributed by atoms with van der Waals surface area (Å²) in [5.41, 5.74) is -1.46. The number of non-ortho nitro benzene ring substituents is 1. The Hall–Kier alpha value is -3.32. The highest BCUT2D eigenvalue weighted by molar-refractivity contribution is 9.11. The lowest BCUT2D eigenvalue weighted by atomic mass is 10.1. The average Bonchev–Trinajstić information content (AvgIpc) is 2.73. The Labute approximate surface area is 200 Å². The number of nitro groups is 2. The molecule has 0 aliphatic carbocycles. The topological polar surface area (TPSA) is 108 Å². The third-order valence-electron chi connectivity index (χ3n) is 4.15. The number of halogens is 5. The second-order valence-corrected chi connectivity index (χ2v) is 8.15. The van der Waals surface area contributed by atoms with Crippen LogP contribution in [0.4, 0.5) is 30.2 Å². The predicted molar refractivity (Wildman–Crippen MR) is 120 cm³/mol. The molecular weight excluding hydrogens is 579 g/mol. The van der Waals surface area contributed by atoms with Gasteiger partial charge in [0.2, 0.25) is 5.75 Å².